The monoisotopic (exact) mass is 313 g/mol. The minimum atomic E-state index is -0.811. The zero-order valence-corrected chi connectivity index (χ0v) is 14.8. The van der Waals surface area contributed by atoms with Crippen LogP contribution in [0.2, 0.25) is 0 Å². The minimum Gasteiger partial charge on any atom is -0.460 e. The highest BCUT2D eigenvalue weighted by Gasteiger charge is 2.43. The van der Waals surface area contributed by atoms with Crippen molar-refractivity contribution in [2.75, 3.05) is 20.3 Å². The zero-order valence-electron chi connectivity index (χ0n) is 14.8. The number of aliphatic hydroxyl groups excluding tert-OH is 1. The molecule has 5 nitrogen and oxygen atoms in total. The third-order valence-corrected chi connectivity index (χ3v) is 4.55. The fourth-order valence-electron chi connectivity index (χ4n) is 2.99. The lowest BCUT2D eigenvalue weighted by Gasteiger charge is -2.53. The Labute approximate surface area is 134 Å². The summed E-state index contributed by atoms with van der Waals surface area (Å²) in [6, 6.07) is 0. The van der Waals surface area contributed by atoms with Crippen LogP contribution in [0.25, 0.3) is 0 Å². The number of ether oxygens (including phenoxy) is 2. The number of hydrogen-bond acceptors (Lipinski definition) is 5. The molecule has 0 aliphatic carbocycles. The van der Waals surface area contributed by atoms with Gasteiger partial charge in [0, 0.05) is 16.7 Å². The Kier molecular flexibility index (Phi) is 6.18. The second-order valence-electron chi connectivity index (χ2n) is 7.58. The summed E-state index contributed by atoms with van der Waals surface area (Å²) >= 11 is 0. The van der Waals surface area contributed by atoms with Crippen LogP contribution >= 0.6 is 0 Å². The summed E-state index contributed by atoms with van der Waals surface area (Å²) in [6.45, 7) is 14.0. The Morgan fingerprint density at radius 2 is 1.77 bits per heavy atom. The highest BCUT2D eigenvalue weighted by atomic mass is 16.5. The van der Waals surface area contributed by atoms with Gasteiger partial charge >= 0.3 is 5.97 Å². The lowest BCUT2D eigenvalue weighted by atomic mass is 9.79. The minimum absolute atomic E-state index is 0.0454. The van der Waals surface area contributed by atoms with Gasteiger partial charge in [-0.3, -0.25) is 4.90 Å². The van der Waals surface area contributed by atoms with Crippen molar-refractivity contribution >= 4 is 5.97 Å². The van der Waals surface area contributed by atoms with E-state index in [1.165, 1.54) is 0 Å². The van der Waals surface area contributed by atoms with Crippen molar-refractivity contribution in [3.63, 3.8) is 0 Å². The largest absolute Gasteiger partial charge is 0.460 e. The van der Waals surface area contributed by atoms with Crippen LogP contribution < -0.4 is 0 Å². The highest BCUT2D eigenvalue weighted by molar-refractivity contribution is 5.86. The molecule has 1 fully saturated rings. The molecular formula is C17H31NO4. The maximum atomic E-state index is 11.3. The number of hydrogen-bond donors (Lipinski definition) is 1. The van der Waals surface area contributed by atoms with E-state index in [4.69, 9.17) is 9.47 Å². The van der Waals surface area contributed by atoms with Crippen molar-refractivity contribution in [2.45, 2.75) is 70.7 Å². The molecule has 1 atom stereocenters. The molecule has 0 radical (unpaired) electrons. The fourth-order valence-corrected chi connectivity index (χ4v) is 2.99. The number of carbonyl (C=O) groups is 1. The summed E-state index contributed by atoms with van der Waals surface area (Å²) in [5, 5.41) is 9.88. The Morgan fingerprint density at radius 1 is 1.27 bits per heavy atom. The zero-order chi connectivity index (χ0) is 17.1. The van der Waals surface area contributed by atoms with Gasteiger partial charge < -0.3 is 14.6 Å². The molecule has 5 heteroatoms. The van der Waals surface area contributed by atoms with Crippen molar-refractivity contribution in [1.29, 1.82) is 0 Å². The number of nitrogens with zero attached hydrogens (tertiary/aromatic N) is 1. The van der Waals surface area contributed by atoms with E-state index < -0.39 is 12.1 Å². The molecular weight excluding hydrogens is 282 g/mol. The van der Waals surface area contributed by atoms with Crippen molar-refractivity contribution < 1.29 is 19.4 Å². The van der Waals surface area contributed by atoms with E-state index >= 15 is 0 Å². The van der Waals surface area contributed by atoms with Crippen LogP contribution in [-0.2, 0) is 14.3 Å². The smallest absolute Gasteiger partial charge is 0.333 e. The summed E-state index contributed by atoms with van der Waals surface area (Å²) in [5.74, 6) is -0.486. The topological polar surface area (TPSA) is 59.0 Å². The van der Waals surface area contributed by atoms with Gasteiger partial charge in [0.25, 0.3) is 0 Å². The summed E-state index contributed by atoms with van der Waals surface area (Å²) in [7, 11) is 2.14. The van der Waals surface area contributed by atoms with Crippen LogP contribution in [0.4, 0.5) is 0 Å². The molecule has 1 saturated heterocycles. The Bertz CT molecular complexity index is 399. The van der Waals surface area contributed by atoms with Crippen LogP contribution in [-0.4, -0.2) is 59.5 Å². The number of esters is 1. The number of carbonyl (C=O) groups excluding carboxylic acids is 1. The van der Waals surface area contributed by atoms with Crippen molar-refractivity contribution in [1.82, 2.24) is 4.90 Å². The van der Waals surface area contributed by atoms with Crippen LogP contribution in [0.15, 0.2) is 12.2 Å². The average molecular weight is 313 g/mol. The normalized spacial score (nSPS) is 23.0. The molecule has 1 N–H and O–H groups in total. The number of rotatable bonds is 6. The van der Waals surface area contributed by atoms with E-state index in [1.807, 2.05) is 0 Å². The third kappa shape index (κ3) is 5.07. The number of piperidine rings is 1. The van der Waals surface area contributed by atoms with Crippen molar-refractivity contribution in [2.24, 2.45) is 0 Å². The molecule has 0 aromatic heterocycles. The molecule has 1 heterocycles. The summed E-state index contributed by atoms with van der Waals surface area (Å²) < 4.78 is 10.8. The van der Waals surface area contributed by atoms with Gasteiger partial charge in [-0.25, -0.2) is 4.79 Å². The van der Waals surface area contributed by atoms with Gasteiger partial charge in [0.1, 0.15) is 12.7 Å². The molecule has 22 heavy (non-hydrogen) atoms. The van der Waals surface area contributed by atoms with E-state index in [0.717, 1.165) is 12.8 Å². The van der Waals surface area contributed by atoms with Gasteiger partial charge in [-0.1, -0.05) is 6.58 Å². The Hall–Kier alpha value is -0.910. The molecule has 0 bridgehead atoms. The maximum absolute atomic E-state index is 11.3. The lowest BCUT2D eigenvalue weighted by Crippen LogP contribution is -2.60. The second kappa shape index (κ2) is 7.11. The SMILES string of the molecule is C=C(C)C(=O)OCC(O)COC1CC(C)(C)N(C)C(C)(C)C1. The standard InChI is InChI=1S/C17H31NO4/c1-12(2)15(20)22-11-13(19)10-21-14-8-16(3,4)18(7)17(5,6)9-14/h13-14,19H,1,8-11H2,2-7H3. The number of likely N-dealkylation sites (tertiary alicyclic amines) is 1. The maximum Gasteiger partial charge on any atom is 0.333 e. The van der Waals surface area contributed by atoms with Gasteiger partial charge in [-0.15, -0.1) is 0 Å². The predicted molar refractivity (Wildman–Crippen MR) is 86.7 cm³/mol. The van der Waals surface area contributed by atoms with Crippen molar-refractivity contribution in [3.8, 4) is 0 Å². The molecule has 0 saturated carbocycles. The summed E-state index contributed by atoms with van der Waals surface area (Å²) in [5.41, 5.74) is 0.417. The molecule has 128 valence electrons. The van der Waals surface area contributed by atoms with E-state index in [9.17, 15) is 9.90 Å². The van der Waals surface area contributed by atoms with Gasteiger partial charge in [-0.2, -0.15) is 0 Å². The first-order valence-electron chi connectivity index (χ1n) is 7.82. The Balaban J connectivity index is 2.44. The van der Waals surface area contributed by atoms with Crippen molar-refractivity contribution in [3.05, 3.63) is 12.2 Å². The quantitative estimate of drug-likeness (QED) is 0.601. The average Bonchev–Trinajstić information content (AvgIpc) is 2.39. The van der Waals surface area contributed by atoms with Crippen LogP contribution in [0.5, 0.6) is 0 Å². The van der Waals surface area contributed by atoms with Gasteiger partial charge in [-0.05, 0) is 54.5 Å². The van der Waals surface area contributed by atoms with Gasteiger partial charge in [0.15, 0.2) is 0 Å². The second-order valence-corrected chi connectivity index (χ2v) is 7.58. The molecule has 1 aliphatic heterocycles. The molecule has 1 rings (SSSR count). The van der Waals surface area contributed by atoms with E-state index in [0.29, 0.717) is 5.57 Å². The molecule has 1 unspecified atom stereocenters. The fraction of sp³-hybridized carbons (Fsp3) is 0.824. The molecule has 0 aromatic rings. The molecule has 0 spiro atoms. The lowest BCUT2D eigenvalue weighted by molar-refractivity contribution is -0.145. The first-order chi connectivity index (χ1) is 9.95. The third-order valence-electron chi connectivity index (χ3n) is 4.55. The number of aliphatic hydroxyl groups is 1. The van der Waals surface area contributed by atoms with E-state index in [2.05, 4.69) is 46.2 Å². The van der Waals surface area contributed by atoms with E-state index in [-0.39, 0.29) is 30.4 Å². The Morgan fingerprint density at radius 3 is 2.23 bits per heavy atom. The summed E-state index contributed by atoms with van der Waals surface area (Å²) in [4.78, 5) is 13.7. The van der Waals surface area contributed by atoms with Crippen LogP contribution in [0.1, 0.15) is 47.5 Å². The highest BCUT2D eigenvalue weighted by Crippen LogP contribution is 2.38. The predicted octanol–water partition coefficient (Wildman–Crippen LogP) is 2.13. The molecule has 0 aromatic carbocycles. The molecule has 1 aliphatic rings. The molecule has 0 amide bonds. The first-order valence-corrected chi connectivity index (χ1v) is 7.82. The van der Waals surface area contributed by atoms with Gasteiger partial charge in [0.2, 0.25) is 0 Å². The van der Waals surface area contributed by atoms with Crippen LogP contribution in [0.3, 0.4) is 0 Å². The van der Waals surface area contributed by atoms with Crippen LogP contribution in [0, 0.1) is 0 Å². The van der Waals surface area contributed by atoms with Gasteiger partial charge in [0.05, 0.1) is 12.7 Å². The van der Waals surface area contributed by atoms with E-state index in [1.54, 1.807) is 6.92 Å². The first kappa shape index (κ1) is 19.1. The summed E-state index contributed by atoms with van der Waals surface area (Å²) in [6.07, 6.45) is 1.10.